The SMILES string of the molecule is COCc1ccccc1CNC(=O)C1CCN(C(=O)c2cccs2)CC1. The molecule has 0 saturated carbocycles. The van der Waals surface area contributed by atoms with Gasteiger partial charge in [0.1, 0.15) is 0 Å². The maximum absolute atomic E-state index is 12.5. The van der Waals surface area contributed by atoms with Crippen LogP contribution in [0.25, 0.3) is 0 Å². The second-order valence-electron chi connectivity index (χ2n) is 6.46. The molecule has 0 atom stereocenters. The van der Waals surface area contributed by atoms with Crippen LogP contribution in [0.2, 0.25) is 0 Å². The van der Waals surface area contributed by atoms with Crippen molar-refractivity contribution >= 4 is 23.2 Å². The molecule has 2 amide bonds. The maximum atomic E-state index is 12.5. The average molecular weight is 372 g/mol. The molecule has 2 aromatic rings. The molecule has 1 saturated heterocycles. The van der Waals surface area contributed by atoms with Gasteiger partial charge in [0.05, 0.1) is 11.5 Å². The average Bonchev–Trinajstić information content (AvgIpc) is 3.21. The van der Waals surface area contributed by atoms with Crippen molar-refractivity contribution in [2.45, 2.75) is 26.0 Å². The van der Waals surface area contributed by atoms with Crippen LogP contribution in [0.15, 0.2) is 41.8 Å². The normalized spacial score (nSPS) is 15.0. The highest BCUT2D eigenvalue weighted by Crippen LogP contribution is 2.21. The van der Waals surface area contributed by atoms with Crippen molar-refractivity contribution in [1.29, 1.82) is 0 Å². The Hall–Kier alpha value is -2.18. The van der Waals surface area contributed by atoms with Gasteiger partial charge in [0.15, 0.2) is 0 Å². The molecule has 0 aliphatic carbocycles. The lowest BCUT2D eigenvalue weighted by molar-refractivity contribution is -0.126. The standard InChI is InChI=1S/C20H24N2O3S/c1-25-14-17-6-3-2-5-16(17)13-21-19(23)15-8-10-22(11-9-15)20(24)18-7-4-12-26-18/h2-7,12,15H,8-11,13-14H2,1H3,(H,21,23). The molecule has 1 aliphatic rings. The summed E-state index contributed by atoms with van der Waals surface area (Å²) in [5.41, 5.74) is 2.17. The highest BCUT2D eigenvalue weighted by Gasteiger charge is 2.28. The Morgan fingerprint density at radius 3 is 2.54 bits per heavy atom. The fourth-order valence-corrected chi connectivity index (χ4v) is 3.94. The third-order valence-electron chi connectivity index (χ3n) is 4.76. The molecule has 1 fully saturated rings. The van der Waals surface area contributed by atoms with E-state index in [1.165, 1.54) is 11.3 Å². The quantitative estimate of drug-likeness (QED) is 0.848. The van der Waals surface area contributed by atoms with E-state index in [2.05, 4.69) is 5.32 Å². The van der Waals surface area contributed by atoms with Gasteiger partial charge in [0, 0.05) is 32.7 Å². The zero-order valence-corrected chi connectivity index (χ0v) is 15.8. The first-order chi connectivity index (χ1) is 12.7. The Bertz CT molecular complexity index is 737. The Morgan fingerprint density at radius 2 is 1.88 bits per heavy atom. The van der Waals surface area contributed by atoms with Gasteiger partial charge < -0.3 is 15.0 Å². The summed E-state index contributed by atoms with van der Waals surface area (Å²) in [4.78, 5) is 27.5. The lowest BCUT2D eigenvalue weighted by atomic mass is 9.95. The van der Waals surface area contributed by atoms with Crippen molar-refractivity contribution < 1.29 is 14.3 Å². The van der Waals surface area contributed by atoms with Crippen LogP contribution in [-0.4, -0.2) is 36.9 Å². The number of piperidine rings is 1. The molecule has 2 heterocycles. The Labute approximate surface area is 158 Å². The molecule has 0 bridgehead atoms. The van der Waals surface area contributed by atoms with E-state index in [0.29, 0.717) is 39.1 Å². The summed E-state index contributed by atoms with van der Waals surface area (Å²) in [6.07, 6.45) is 1.42. The first kappa shape index (κ1) is 18.6. The Morgan fingerprint density at radius 1 is 1.15 bits per heavy atom. The van der Waals surface area contributed by atoms with Crippen LogP contribution in [0.1, 0.15) is 33.6 Å². The molecule has 1 aliphatic heterocycles. The lowest BCUT2D eigenvalue weighted by Gasteiger charge is -2.31. The molecular weight excluding hydrogens is 348 g/mol. The highest BCUT2D eigenvalue weighted by molar-refractivity contribution is 7.12. The van der Waals surface area contributed by atoms with Crippen LogP contribution >= 0.6 is 11.3 Å². The monoisotopic (exact) mass is 372 g/mol. The van der Waals surface area contributed by atoms with E-state index in [9.17, 15) is 9.59 Å². The van der Waals surface area contributed by atoms with Crippen LogP contribution < -0.4 is 5.32 Å². The van der Waals surface area contributed by atoms with Gasteiger partial charge >= 0.3 is 0 Å². The van der Waals surface area contributed by atoms with E-state index in [-0.39, 0.29) is 17.7 Å². The molecule has 1 aromatic heterocycles. The van der Waals surface area contributed by atoms with E-state index in [0.717, 1.165) is 16.0 Å². The van der Waals surface area contributed by atoms with Gasteiger partial charge in [-0.3, -0.25) is 9.59 Å². The van der Waals surface area contributed by atoms with E-state index in [4.69, 9.17) is 4.74 Å². The molecule has 1 aromatic carbocycles. The van der Waals surface area contributed by atoms with Crippen LogP contribution in [0.3, 0.4) is 0 Å². The third-order valence-corrected chi connectivity index (χ3v) is 5.61. The van der Waals surface area contributed by atoms with Crippen LogP contribution in [0.4, 0.5) is 0 Å². The van der Waals surface area contributed by atoms with Crippen molar-refractivity contribution in [2.75, 3.05) is 20.2 Å². The minimum absolute atomic E-state index is 0.0306. The minimum atomic E-state index is -0.0306. The van der Waals surface area contributed by atoms with Gasteiger partial charge in [-0.05, 0) is 35.4 Å². The molecule has 5 nitrogen and oxygen atoms in total. The van der Waals surface area contributed by atoms with Crippen molar-refractivity contribution in [2.24, 2.45) is 5.92 Å². The van der Waals surface area contributed by atoms with Gasteiger partial charge in [-0.15, -0.1) is 11.3 Å². The van der Waals surface area contributed by atoms with Crippen molar-refractivity contribution in [3.8, 4) is 0 Å². The predicted molar refractivity (Wildman–Crippen MR) is 102 cm³/mol. The van der Waals surface area contributed by atoms with E-state index < -0.39 is 0 Å². The second-order valence-corrected chi connectivity index (χ2v) is 7.41. The zero-order chi connectivity index (χ0) is 18.4. The summed E-state index contributed by atoms with van der Waals surface area (Å²) in [5.74, 6) is 0.116. The summed E-state index contributed by atoms with van der Waals surface area (Å²) in [6.45, 7) is 2.31. The smallest absolute Gasteiger partial charge is 0.263 e. The molecule has 0 spiro atoms. The molecule has 3 rings (SSSR count). The molecule has 0 radical (unpaired) electrons. The van der Waals surface area contributed by atoms with Gasteiger partial charge in [-0.1, -0.05) is 30.3 Å². The number of benzene rings is 1. The summed E-state index contributed by atoms with van der Waals surface area (Å²) in [6, 6.07) is 11.7. The first-order valence-corrected chi connectivity index (χ1v) is 9.73. The topological polar surface area (TPSA) is 58.6 Å². The number of hydrogen-bond donors (Lipinski definition) is 1. The highest BCUT2D eigenvalue weighted by atomic mass is 32.1. The number of nitrogens with one attached hydrogen (secondary N) is 1. The molecule has 1 N–H and O–H groups in total. The number of likely N-dealkylation sites (tertiary alicyclic amines) is 1. The van der Waals surface area contributed by atoms with Crippen LogP contribution in [0.5, 0.6) is 0 Å². The molecular formula is C20H24N2O3S. The molecule has 26 heavy (non-hydrogen) atoms. The fourth-order valence-electron chi connectivity index (χ4n) is 3.25. The van der Waals surface area contributed by atoms with E-state index in [1.807, 2.05) is 46.7 Å². The number of methoxy groups -OCH3 is 1. The summed E-state index contributed by atoms with van der Waals surface area (Å²) < 4.78 is 5.21. The summed E-state index contributed by atoms with van der Waals surface area (Å²) in [7, 11) is 1.67. The fraction of sp³-hybridized carbons (Fsp3) is 0.400. The largest absolute Gasteiger partial charge is 0.380 e. The summed E-state index contributed by atoms with van der Waals surface area (Å²) >= 11 is 1.46. The maximum Gasteiger partial charge on any atom is 0.263 e. The Kier molecular flexibility index (Phi) is 6.41. The Balaban J connectivity index is 1.49. The zero-order valence-electron chi connectivity index (χ0n) is 14.9. The number of carbonyl (C=O) groups excluding carboxylic acids is 2. The van der Waals surface area contributed by atoms with Gasteiger partial charge in [-0.25, -0.2) is 0 Å². The van der Waals surface area contributed by atoms with Crippen LogP contribution in [0, 0.1) is 5.92 Å². The van der Waals surface area contributed by atoms with Gasteiger partial charge in [-0.2, -0.15) is 0 Å². The third kappa shape index (κ3) is 4.51. The number of amides is 2. The minimum Gasteiger partial charge on any atom is -0.380 e. The van der Waals surface area contributed by atoms with Gasteiger partial charge in [0.25, 0.3) is 5.91 Å². The van der Waals surface area contributed by atoms with Crippen LogP contribution in [-0.2, 0) is 22.7 Å². The second kappa shape index (κ2) is 8.96. The van der Waals surface area contributed by atoms with E-state index in [1.54, 1.807) is 7.11 Å². The first-order valence-electron chi connectivity index (χ1n) is 8.85. The number of carbonyl (C=O) groups is 2. The van der Waals surface area contributed by atoms with Crippen molar-refractivity contribution in [1.82, 2.24) is 10.2 Å². The molecule has 6 heteroatoms. The van der Waals surface area contributed by atoms with Gasteiger partial charge in [0.2, 0.25) is 5.91 Å². The number of thiophene rings is 1. The van der Waals surface area contributed by atoms with Crippen molar-refractivity contribution in [3.05, 3.63) is 57.8 Å². The van der Waals surface area contributed by atoms with E-state index >= 15 is 0 Å². The lowest BCUT2D eigenvalue weighted by Crippen LogP contribution is -2.42. The van der Waals surface area contributed by atoms with Crippen molar-refractivity contribution in [3.63, 3.8) is 0 Å². The molecule has 0 unspecified atom stereocenters. The predicted octanol–water partition coefficient (Wildman–Crippen LogP) is 3.06. The summed E-state index contributed by atoms with van der Waals surface area (Å²) in [5, 5.41) is 4.95. The number of nitrogens with zero attached hydrogens (tertiary/aromatic N) is 1. The number of rotatable bonds is 6. The molecule has 138 valence electrons. The number of ether oxygens (including phenoxy) is 1. The number of hydrogen-bond acceptors (Lipinski definition) is 4.